The van der Waals surface area contributed by atoms with Gasteiger partial charge >= 0.3 is 0 Å². The first-order valence-electron chi connectivity index (χ1n) is 10.6. The Labute approximate surface area is 196 Å². The van der Waals surface area contributed by atoms with E-state index in [1.54, 1.807) is 42.6 Å². The maximum Gasteiger partial charge on any atom is 0.256 e. The average Bonchev–Trinajstić information content (AvgIpc) is 2.86. The number of carbonyl (C=O) groups is 2. The minimum Gasteiger partial charge on any atom is -0.491 e. The second-order valence-corrected chi connectivity index (χ2v) is 7.43. The molecule has 2 aromatic carbocycles. The van der Waals surface area contributed by atoms with Crippen molar-refractivity contribution >= 4 is 28.7 Å². The number of amides is 2. The van der Waals surface area contributed by atoms with Gasteiger partial charge in [-0.3, -0.25) is 9.59 Å². The van der Waals surface area contributed by atoms with Crippen molar-refractivity contribution in [3.63, 3.8) is 0 Å². The number of aromatic nitrogens is 2. The maximum absolute atomic E-state index is 12.9. The van der Waals surface area contributed by atoms with Crippen LogP contribution in [0.1, 0.15) is 22.8 Å². The lowest BCUT2D eigenvalue weighted by Gasteiger charge is -2.14. The number of nitriles is 1. The topological polar surface area (TPSA) is 117 Å². The van der Waals surface area contributed by atoms with E-state index in [0.29, 0.717) is 34.9 Å². The van der Waals surface area contributed by atoms with E-state index in [2.05, 4.69) is 26.7 Å². The van der Waals surface area contributed by atoms with Crippen molar-refractivity contribution in [3.05, 3.63) is 84.1 Å². The SMILES string of the molecule is CC(=O)NCCOc1cc(C(=O)Nc2ccc3cccnc3n2)ccc1-c1ccc(C#N)cc1. The highest BCUT2D eigenvalue weighted by Crippen LogP contribution is 2.31. The Bertz CT molecular complexity index is 1390. The zero-order valence-corrected chi connectivity index (χ0v) is 18.4. The number of anilines is 1. The lowest BCUT2D eigenvalue weighted by atomic mass is 10.0. The van der Waals surface area contributed by atoms with Crippen molar-refractivity contribution in [1.82, 2.24) is 15.3 Å². The van der Waals surface area contributed by atoms with Gasteiger partial charge in [0.2, 0.25) is 5.91 Å². The predicted molar refractivity (Wildman–Crippen MR) is 128 cm³/mol. The fraction of sp³-hybridized carbons (Fsp3) is 0.115. The molecule has 0 spiro atoms. The van der Waals surface area contributed by atoms with Crippen LogP contribution in [0.3, 0.4) is 0 Å². The summed E-state index contributed by atoms with van der Waals surface area (Å²) >= 11 is 0. The van der Waals surface area contributed by atoms with Crippen molar-refractivity contribution in [3.8, 4) is 22.9 Å². The van der Waals surface area contributed by atoms with Crippen molar-refractivity contribution in [2.24, 2.45) is 0 Å². The molecule has 0 aliphatic rings. The highest BCUT2D eigenvalue weighted by atomic mass is 16.5. The zero-order valence-electron chi connectivity index (χ0n) is 18.4. The number of hydrogen-bond acceptors (Lipinski definition) is 6. The Morgan fingerprint density at radius 2 is 1.88 bits per heavy atom. The molecule has 34 heavy (non-hydrogen) atoms. The molecule has 4 aromatic rings. The monoisotopic (exact) mass is 451 g/mol. The van der Waals surface area contributed by atoms with Crippen LogP contribution in [-0.2, 0) is 4.79 Å². The summed E-state index contributed by atoms with van der Waals surface area (Å²) in [5.74, 6) is 0.374. The van der Waals surface area contributed by atoms with Crippen LogP contribution in [0.25, 0.3) is 22.2 Å². The van der Waals surface area contributed by atoms with E-state index in [1.165, 1.54) is 6.92 Å². The van der Waals surface area contributed by atoms with E-state index in [-0.39, 0.29) is 18.4 Å². The lowest BCUT2D eigenvalue weighted by molar-refractivity contribution is -0.119. The summed E-state index contributed by atoms with van der Waals surface area (Å²) in [6, 6.07) is 21.6. The van der Waals surface area contributed by atoms with Gasteiger partial charge in [0.05, 0.1) is 18.2 Å². The molecule has 168 valence electrons. The molecular formula is C26H21N5O3. The molecule has 2 amide bonds. The van der Waals surface area contributed by atoms with Gasteiger partial charge in [-0.25, -0.2) is 9.97 Å². The Morgan fingerprint density at radius 3 is 2.65 bits per heavy atom. The summed E-state index contributed by atoms with van der Waals surface area (Å²) in [5, 5.41) is 15.4. The smallest absolute Gasteiger partial charge is 0.256 e. The third-order valence-electron chi connectivity index (χ3n) is 5.01. The van der Waals surface area contributed by atoms with Crippen LogP contribution in [-0.4, -0.2) is 34.9 Å². The summed E-state index contributed by atoms with van der Waals surface area (Å²) in [6.45, 7) is 1.99. The molecule has 0 fully saturated rings. The van der Waals surface area contributed by atoms with Gasteiger partial charge in [-0.15, -0.1) is 0 Å². The standard InChI is InChI=1S/C26H21N5O3/c1-17(32)28-13-14-34-23-15-21(8-10-22(23)19-6-4-18(16-27)5-7-19)26(33)31-24-11-9-20-3-2-12-29-25(20)30-24/h2-12,15H,13-14H2,1H3,(H,28,32)(H,29,30,31,33). The Hall–Kier alpha value is -4.77. The van der Waals surface area contributed by atoms with Gasteiger partial charge in [0.25, 0.3) is 5.91 Å². The number of hydrogen-bond donors (Lipinski definition) is 2. The molecule has 2 aromatic heterocycles. The van der Waals surface area contributed by atoms with Gasteiger partial charge in [-0.2, -0.15) is 5.26 Å². The largest absolute Gasteiger partial charge is 0.491 e. The molecule has 2 N–H and O–H groups in total. The molecule has 0 saturated heterocycles. The van der Waals surface area contributed by atoms with E-state index >= 15 is 0 Å². The molecule has 0 atom stereocenters. The van der Waals surface area contributed by atoms with E-state index in [4.69, 9.17) is 10.00 Å². The molecule has 2 heterocycles. The van der Waals surface area contributed by atoms with Crippen LogP contribution >= 0.6 is 0 Å². The quantitative estimate of drug-likeness (QED) is 0.411. The fourth-order valence-corrected chi connectivity index (χ4v) is 3.34. The van der Waals surface area contributed by atoms with E-state index in [1.807, 2.05) is 30.3 Å². The van der Waals surface area contributed by atoms with Crippen molar-refractivity contribution in [1.29, 1.82) is 5.26 Å². The molecule has 0 unspecified atom stereocenters. The van der Waals surface area contributed by atoms with Crippen molar-refractivity contribution in [2.45, 2.75) is 6.92 Å². The van der Waals surface area contributed by atoms with Gasteiger partial charge in [0.1, 0.15) is 18.2 Å². The third kappa shape index (κ3) is 5.34. The van der Waals surface area contributed by atoms with Gasteiger partial charge < -0.3 is 15.4 Å². The number of benzene rings is 2. The van der Waals surface area contributed by atoms with Gasteiger partial charge in [-0.05, 0) is 60.2 Å². The summed E-state index contributed by atoms with van der Waals surface area (Å²) in [4.78, 5) is 32.7. The maximum atomic E-state index is 12.9. The normalized spacial score (nSPS) is 10.4. The fourth-order valence-electron chi connectivity index (χ4n) is 3.34. The highest BCUT2D eigenvalue weighted by Gasteiger charge is 2.14. The second kappa shape index (κ2) is 10.2. The van der Waals surface area contributed by atoms with Crippen LogP contribution in [0.5, 0.6) is 5.75 Å². The molecule has 8 nitrogen and oxygen atoms in total. The molecule has 0 radical (unpaired) electrons. The zero-order chi connectivity index (χ0) is 23.9. The Kier molecular flexibility index (Phi) is 6.75. The summed E-state index contributed by atoms with van der Waals surface area (Å²) in [5.41, 5.74) is 3.07. The van der Waals surface area contributed by atoms with E-state index in [9.17, 15) is 9.59 Å². The average molecular weight is 451 g/mol. The number of nitrogens with zero attached hydrogens (tertiary/aromatic N) is 3. The van der Waals surface area contributed by atoms with E-state index < -0.39 is 0 Å². The van der Waals surface area contributed by atoms with Crippen LogP contribution in [0.2, 0.25) is 0 Å². The minimum absolute atomic E-state index is 0.151. The molecule has 0 saturated carbocycles. The van der Waals surface area contributed by atoms with Gasteiger partial charge in [0.15, 0.2) is 5.65 Å². The number of carbonyl (C=O) groups excluding carboxylic acids is 2. The summed E-state index contributed by atoms with van der Waals surface area (Å²) in [7, 11) is 0. The van der Waals surface area contributed by atoms with Crippen LogP contribution in [0, 0.1) is 11.3 Å². The molecule has 0 bridgehead atoms. The number of nitrogens with one attached hydrogen (secondary N) is 2. The third-order valence-corrected chi connectivity index (χ3v) is 5.01. The summed E-state index contributed by atoms with van der Waals surface area (Å²) in [6.07, 6.45) is 1.65. The second-order valence-electron chi connectivity index (χ2n) is 7.43. The van der Waals surface area contributed by atoms with Crippen LogP contribution < -0.4 is 15.4 Å². The molecule has 0 aliphatic heterocycles. The highest BCUT2D eigenvalue weighted by molar-refractivity contribution is 6.04. The van der Waals surface area contributed by atoms with Crippen molar-refractivity contribution < 1.29 is 14.3 Å². The number of pyridine rings is 2. The molecule has 8 heteroatoms. The van der Waals surface area contributed by atoms with Crippen molar-refractivity contribution in [2.75, 3.05) is 18.5 Å². The minimum atomic E-state index is -0.346. The molecule has 0 aliphatic carbocycles. The molecular weight excluding hydrogens is 430 g/mol. The first kappa shape index (κ1) is 22.4. The summed E-state index contributed by atoms with van der Waals surface area (Å²) < 4.78 is 5.91. The number of rotatable bonds is 7. The number of fused-ring (bicyclic) bond motifs is 1. The predicted octanol–water partition coefficient (Wildman–Crippen LogP) is 3.94. The molecule has 4 rings (SSSR count). The Morgan fingerprint density at radius 1 is 1.06 bits per heavy atom. The van der Waals surface area contributed by atoms with Crippen LogP contribution in [0.4, 0.5) is 5.82 Å². The first-order chi connectivity index (χ1) is 16.5. The number of ether oxygens (including phenoxy) is 1. The Balaban J connectivity index is 1.59. The van der Waals surface area contributed by atoms with Gasteiger partial charge in [-0.1, -0.05) is 12.1 Å². The lowest BCUT2D eigenvalue weighted by Crippen LogP contribution is -2.25. The van der Waals surface area contributed by atoms with Gasteiger partial charge in [0, 0.05) is 29.6 Å². The van der Waals surface area contributed by atoms with E-state index in [0.717, 1.165) is 16.5 Å². The van der Waals surface area contributed by atoms with Crippen LogP contribution in [0.15, 0.2) is 72.9 Å². The first-order valence-corrected chi connectivity index (χ1v) is 10.6.